The molecule has 0 aliphatic rings. The molecular formula is C12H17Cl2N. The van der Waals surface area contributed by atoms with Crippen LogP contribution < -0.4 is 5.73 Å². The molecule has 1 aromatic carbocycles. The lowest BCUT2D eigenvalue weighted by Crippen LogP contribution is -2.19. The van der Waals surface area contributed by atoms with E-state index in [2.05, 4.69) is 13.8 Å². The molecular weight excluding hydrogens is 229 g/mol. The van der Waals surface area contributed by atoms with Crippen LogP contribution >= 0.6 is 23.2 Å². The predicted molar refractivity (Wildman–Crippen MR) is 67.5 cm³/mol. The van der Waals surface area contributed by atoms with E-state index in [4.69, 9.17) is 28.9 Å². The van der Waals surface area contributed by atoms with Crippen molar-refractivity contribution < 1.29 is 0 Å². The zero-order chi connectivity index (χ0) is 11.4. The third-order valence-corrected chi connectivity index (χ3v) is 3.53. The van der Waals surface area contributed by atoms with Gasteiger partial charge in [-0.1, -0.05) is 55.6 Å². The average molecular weight is 246 g/mol. The first kappa shape index (κ1) is 12.8. The van der Waals surface area contributed by atoms with Gasteiger partial charge in [-0.25, -0.2) is 0 Å². The molecule has 1 rings (SSSR count). The number of rotatable bonds is 4. The Morgan fingerprint density at radius 1 is 1.33 bits per heavy atom. The molecule has 0 aromatic heterocycles. The van der Waals surface area contributed by atoms with Crippen LogP contribution in [0, 0.1) is 5.92 Å². The summed E-state index contributed by atoms with van der Waals surface area (Å²) in [6, 6.07) is 5.59. The lowest BCUT2D eigenvalue weighted by atomic mass is 9.92. The molecule has 2 N–H and O–H groups in total. The molecule has 0 heterocycles. The molecule has 1 aromatic rings. The average Bonchev–Trinajstić information content (AvgIpc) is 2.21. The summed E-state index contributed by atoms with van der Waals surface area (Å²) in [5.74, 6) is 0.422. The second kappa shape index (κ2) is 5.74. The van der Waals surface area contributed by atoms with Gasteiger partial charge >= 0.3 is 0 Å². The Hall–Kier alpha value is -0.240. The molecule has 0 amide bonds. The van der Waals surface area contributed by atoms with Crippen LogP contribution in [0.1, 0.15) is 38.3 Å². The van der Waals surface area contributed by atoms with Gasteiger partial charge in [0, 0.05) is 6.04 Å². The van der Waals surface area contributed by atoms with E-state index in [-0.39, 0.29) is 6.04 Å². The molecule has 15 heavy (non-hydrogen) atoms. The summed E-state index contributed by atoms with van der Waals surface area (Å²) in [6.07, 6.45) is 2.23. The maximum absolute atomic E-state index is 6.15. The summed E-state index contributed by atoms with van der Waals surface area (Å²) in [6.45, 7) is 4.30. The van der Waals surface area contributed by atoms with Gasteiger partial charge in [-0.05, 0) is 24.0 Å². The topological polar surface area (TPSA) is 26.0 Å². The Morgan fingerprint density at radius 2 is 2.00 bits per heavy atom. The van der Waals surface area contributed by atoms with Crippen LogP contribution in [0.3, 0.4) is 0 Å². The van der Waals surface area contributed by atoms with Gasteiger partial charge in [0.05, 0.1) is 10.0 Å². The molecule has 2 atom stereocenters. The Morgan fingerprint density at radius 3 is 2.60 bits per heavy atom. The third kappa shape index (κ3) is 3.10. The summed E-state index contributed by atoms with van der Waals surface area (Å²) in [5.41, 5.74) is 7.10. The molecule has 0 radical (unpaired) electrons. The van der Waals surface area contributed by atoms with Crippen molar-refractivity contribution in [2.75, 3.05) is 0 Å². The fraction of sp³-hybridized carbons (Fsp3) is 0.500. The number of halogens is 2. The first-order valence-electron chi connectivity index (χ1n) is 5.27. The van der Waals surface area contributed by atoms with Gasteiger partial charge in [-0.3, -0.25) is 0 Å². The minimum atomic E-state index is -0.0313. The van der Waals surface area contributed by atoms with Gasteiger partial charge in [-0.15, -0.1) is 0 Å². The maximum atomic E-state index is 6.15. The number of hydrogen-bond donors (Lipinski definition) is 1. The highest BCUT2D eigenvalue weighted by atomic mass is 35.5. The van der Waals surface area contributed by atoms with E-state index in [1.54, 1.807) is 6.07 Å². The van der Waals surface area contributed by atoms with Gasteiger partial charge in [0.25, 0.3) is 0 Å². The van der Waals surface area contributed by atoms with Crippen LogP contribution in [-0.2, 0) is 0 Å². The molecule has 0 aliphatic heterocycles. The summed E-state index contributed by atoms with van der Waals surface area (Å²) >= 11 is 12.1. The van der Waals surface area contributed by atoms with Gasteiger partial charge in [-0.2, -0.15) is 0 Å². The Bertz CT molecular complexity index is 325. The van der Waals surface area contributed by atoms with E-state index in [1.165, 1.54) is 0 Å². The van der Waals surface area contributed by atoms with Crippen LogP contribution in [-0.4, -0.2) is 0 Å². The highest BCUT2D eigenvalue weighted by Gasteiger charge is 2.17. The van der Waals surface area contributed by atoms with E-state index in [0.717, 1.165) is 18.4 Å². The van der Waals surface area contributed by atoms with E-state index >= 15 is 0 Å². The highest BCUT2D eigenvalue weighted by Crippen LogP contribution is 2.33. The molecule has 0 saturated heterocycles. The quantitative estimate of drug-likeness (QED) is 0.835. The summed E-state index contributed by atoms with van der Waals surface area (Å²) in [7, 11) is 0. The van der Waals surface area contributed by atoms with E-state index < -0.39 is 0 Å². The molecule has 84 valence electrons. The smallest absolute Gasteiger partial charge is 0.0640 e. The molecule has 0 fully saturated rings. The molecule has 1 nitrogen and oxygen atoms in total. The molecule has 0 bridgehead atoms. The van der Waals surface area contributed by atoms with Gasteiger partial charge in [0.2, 0.25) is 0 Å². The standard InChI is InChI=1S/C12H17Cl2N/c1-3-5-8(2)12(15)9-6-4-7-10(13)11(9)14/h4,6-8,12H,3,5,15H2,1-2H3. The summed E-state index contributed by atoms with van der Waals surface area (Å²) < 4.78 is 0. The third-order valence-electron chi connectivity index (χ3n) is 2.70. The normalized spacial score (nSPS) is 15.0. The summed E-state index contributed by atoms with van der Waals surface area (Å²) in [4.78, 5) is 0. The Labute approximate surface area is 102 Å². The van der Waals surface area contributed by atoms with Crippen molar-refractivity contribution in [1.82, 2.24) is 0 Å². The maximum Gasteiger partial charge on any atom is 0.0640 e. The van der Waals surface area contributed by atoms with Gasteiger partial charge in [0.1, 0.15) is 0 Å². The van der Waals surface area contributed by atoms with Gasteiger partial charge < -0.3 is 5.73 Å². The summed E-state index contributed by atoms with van der Waals surface area (Å²) in [5, 5.41) is 1.17. The van der Waals surface area contributed by atoms with Crippen LogP contribution in [0.4, 0.5) is 0 Å². The van der Waals surface area contributed by atoms with Crippen LogP contribution in [0.2, 0.25) is 10.0 Å². The zero-order valence-corrected chi connectivity index (χ0v) is 10.6. The molecule has 0 spiro atoms. The van der Waals surface area contributed by atoms with E-state index in [1.807, 2.05) is 12.1 Å². The highest BCUT2D eigenvalue weighted by molar-refractivity contribution is 6.42. The van der Waals surface area contributed by atoms with Crippen LogP contribution in [0.25, 0.3) is 0 Å². The SMILES string of the molecule is CCCC(C)C(N)c1cccc(Cl)c1Cl. The van der Waals surface area contributed by atoms with Crippen molar-refractivity contribution in [3.8, 4) is 0 Å². The minimum absolute atomic E-state index is 0.0313. The first-order valence-corrected chi connectivity index (χ1v) is 6.03. The van der Waals surface area contributed by atoms with E-state index in [9.17, 15) is 0 Å². The molecule has 3 heteroatoms. The number of nitrogens with two attached hydrogens (primary N) is 1. The molecule has 0 aliphatic carbocycles. The Balaban J connectivity index is 2.90. The number of benzene rings is 1. The largest absolute Gasteiger partial charge is 0.324 e. The Kier molecular flexibility index (Phi) is 4.91. The minimum Gasteiger partial charge on any atom is -0.324 e. The lowest BCUT2D eigenvalue weighted by Gasteiger charge is -2.21. The van der Waals surface area contributed by atoms with Crippen molar-refractivity contribution in [3.63, 3.8) is 0 Å². The first-order chi connectivity index (χ1) is 7.07. The fourth-order valence-corrected chi connectivity index (χ4v) is 2.15. The lowest BCUT2D eigenvalue weighted by molar-refractivity contribution is 0.434. The monoisotopic (exact) mass is 245 g/mol. The van der Waals surface area contributed by atoms with Crippen molar-refractivity contribution >= 4 is 23.2 Å². The fourth-order valence-electron chi connectivity index (χ4n) is 1.72. The van der Waals surface area contributed by atoms with Gasteiger partial charge in [0.15, 0.2) is 0 Å². The molecule has 2 unspecified atom stereocenters. The van der Waals surface area contributed by atoms with Crippen LogP contribution in [0.5, 0.6) is 0 Å². The van der Waals surface area contributed by atoms with E-state index in [0.29, 0.717) is 16.0 Å². The zero-order valence-electron chi connectivity index (χ0n) is 9.13. The predicted octanol–water partition coefficient (Wildman–Crippen LogP) is 4.43. The second-order valence-corrected chi connectivity index (χ2v) is 4.72. The second-order valence-electron chi connectivity index (χ2n) is 3.93. The molecule has 0 saturated carbocycles. The van der Waals surface area contributed by atoms with Crippen molar-refractivity contribution in [3.05, 3.63) is 33.8 Å². The van der Waals surface area contributed by atoms with Crippen molar-refractivity contribution in [1.29, 1.82) is 0 Å². The van der Waals surface area contributed by atoms with Crippen LogP contribution in [0.15, 0.2) is 18.2 Å². The number of hydrogen-bond acceptors (Lipinski definition) is 1. The van der Waals surface area contributed by atoms with Crippen molar-refractivity contribution in [2.45, 2.75) is 32.7 Å². The van der Waals surface area contributed by atoms with Crippen molar-refractivity contribution in [2.24, 2.45) is 11.7 Å².